The first-order valence-electron chi connectivity index (χ1n) is 11.1. The monoisotopic (exact) mass is 528 g/mol. The van der Waals surface area contributed by atoms with Crippen LogP contribution in [0.25, 0.3) is 0 Å². The summed E-state index contributed by atoms with van der Waals surface area (Å²) in [7, 11) is 0. The standard InChI is InChI=1S/C22H29FN4O10/c1-12(23)18(30)25-14-7-5-13(6-8-14)19(31)24-11-3-2-4-15(20(32)33)26-22(36)27(37)16(21(34)35)9-10-17(28)29/h5-8,12,15-16,37H,2-4,9-11H2,1H3,(H,24,31)(H,25,30)(H,26,36)(H,28,29)(H,32,33)(H,34,35)/t12?,15-,16?/m0/s1. The number of anilines is 1. The number of rotatable bonds is 15. The molecule has 0 aliphatic heterocycles. The zero-order valence-electron chi connectivity index (χ0n) is 19.8. The predicted octanol–water partition coefficient (Wildman–Crippen LogP) is 1.06. The van der Waals surface area contributed by atoms with E-state index >= 15 is 0 Å². The van der Waals surface area contributed by atoms with Crippen molar-refractivity contribution in [2.75, 3.05) is 11.9 Å². The van der Waals surface area contributed by atoms with Crippen molar-refractivity contribution in [2.24, 2.45) is 0 Å². The molecule has 1 rings (SSSR count). The number of nitrogens with one attached hydrogen (secondary N) is 3. The molecule has 7 N–H and O–H groups in total. The van der Waals surface area contributed by atoms with Gasteiger partial charge in [0.15, 0.2) is 12.2 Å². The Balaban J connectivity index is 2.51. The highest BCUT2D eigenvalue weighted by Gasteiger charge is 2.31. The first-order valence-corrected chi connectivity index (χ1v) is 11.1. The van der Waals surface area contributed by atoms with E-state index in [0.717, 1.165) is 6.92 Å². The van der Waals surface area contributed by atoms with Gasteiger partial charge in [0.1, 0.15) is 6.04 Å². The number of benzene rings is 1. The molecule has 0 saturated carbocycles. The summed E-state index contributed by atoms with van der Waals surface area (Å²) in [4.78, 5) is 68.9. The van der Waals surface area contributed by atoms with Crippen molar-refractivity contribution in [3.8, 4) is 0 Å². The van der Waals surface area contributed by atoms with Crippen molar-refractivity contribution in [3.05, 3.63) is 29.8 Å². The van der Waals surface area contributed by atoms with E-state index in [1.165, 1.54) is 24.3 Å². The van der Waals surface area contributed by atoms with Gasteiger partial charge in [-0.2, -0.15) is 5.06 Å². The van der Waals surface area contributed by atoms with Crippen molar-refractivity contribution in [1.29, 1.82) is 0 Å². The van der Waals surface area contributed by atoms with Crippen LogP contribution in [0.4, 0.5) is 14.9 Å². The molecule has 14 nitrogen and oxygen atoms in total. The Morgan fingerprint density at radius 2 is 1.57 bits per heavy atom. The molecule has 2 unspecified atom stereocenters. The first-order chi connectivity index (χ1) is 17.3. The van der Waals surface area contributed by atoms with Gasteiger partial charge in [-0.05, 0) is 56.9 Å². The Hall–Kier alpha value is -4.27. The summed E-state index contributed by atoms with van der Waals surface area (Å²) in [6.45, 7) is 1.24. The number of alkyl halides is 1. The second kappa shape index (κ2) is 15.0. The minimum absolute atomic E-state index is 0.112. The van der Waals surface area contributed by atoms with E-state index in [2.05, 4.69) is 10.6 Å². The number of hydroxylamine groups is 2. The number of carboxylic acids is 3. The number of hydrogen-bond acceptors (Lipinski definition) is 7. The summed E-state index contributed by atoms with van der Waals surface area (Å²) in [5, 5.41) is 43.5. The molecule has 3 atom stereocenters. The number of amides is 4. The number of carbonyl (C=O) groups excluding carboxylic acids is 3. The number of nitrogens with zero attached hydrogens (tertiary/aromatic N) is 1. The molecule has 0 radical (unpaired) electrons. The Kier molecular flexibility index (Phi) is 12.5. The van der Waals surface area contributed by atoms with Crippen LogP contribution in [0, 0.1) is 0 Å². The van der Waals surface area contributed by atoms with Crippen molar-refractivity contribution < 1.29 is 53.7 Å². The molecule has 0 aromatic heterocycles. The molecule has 4 amide bonds. The lowest BCUT2D eigenvalue weighted by Gasteiger charge is -2.24. The lowest BCUT2D eigenvalue weighted by atomic mass is 10.1. The maximum absolute atomic E-state index is 12.9. The highest BCUT2D eigenvalue weighted by molar-refractivity contribution is 5.96. The van der Waals surface area contributed by atoms with Crippen LogP contribution in [-0.4, -0.2) is 86.1 Å². The molecular weight excluding hydrogens is 499 g/mol. The van der Waals surface area contributed by atoms with E-state index in [0.29, 0.717) is 12.1 Å². The summed E-state index contributed by atoms with van der Waals surface area (Å²) >= 11 is 0. The van der Waals surface area contributed by atoms with Gasteiger partial charge < -0.3 is 31.3 Å². The van der Waals surface area contributed by atoms with Gasteiger partial charge in [0, 0.05) is 24.2 Å². The summed E-state index contributed by atoms with van der Waals surface area (Å²) < 4.78 is 12.9. The largest absolute Gasteiger partial charge is 0.481 e. The molecule has 0 saturated heterocycles. The molecule has 0 aliphatic rings. The number of unbranched alkanes of at least 4 members (excludes halogenated alkanes) is 1. The average Bonchev–Trinajstić information content (AvgIpc) is 2.82. The van der Waals surface area contributed by atoms with E-state index in [1.54, 1.807) is 0 Å². The van der Waals surface area contributed by atoms with Crippen molar-refractivity contribution in [1.82, 2.24) is 15.7 Å². The molecule has 0 bridgehead atoms. The number of carboxylic acid groups (broad SMARTS) is 3. The SMILES string of the molecule is CC(F)C(=O)Nc1ccc(C(=O)NCCCC[C@H](NC(=O)N(O)C(CCC(=O)O)C(=O)O)C(=O)O)cc1. The normalized spacial score (nSPS) is 12.9. The van der Waals surface area contributed by atoms with Crippen LogP contribution >= 0.6 is 0 Å². The Morgan fingerprint density at radius 3 is 2.08 bits per heavy atom. The van der Waals surface area contributed by atoms with Gasteiger partial charge in [0.2, 0.25) is 0 Å². The molecule has 1 aromatic rings. The number of hydrogen-bond donors (Lipinski definition) is 7. The molecular formula is C22H29FN4O10. The molecule has 1 aromatic carbocycles. The third-order valence-electron chi connectivity index (χ3n) is 5.00. The van der Waals surface area contributed by atoms with E-state index in [1.807, 2.05) is 5.32 Å². The maximum Gasteiger partial charge on any atom is 0.342 e. The average molecular weight is 528 g/mol. The zero-order valence-corrected chi connectivity index (χ0v) is 19.8. The van der Waals surface area contributed by atoms with Gasteiger partial charge in [-0.3, -0.25) is 19.6 Å². The lowest BCUT2D eigenvalue weighted by molar-refractivity contribution is -0.158. The van der Waals surface area contributed by atoms with Gasteiger partial charge >= 0.3 is 23.9 Å². The van der Waals surface area contributed by atoms with E-state index in [-0.39, 0.29) is 30.0 Å². The summed E-state index contributed by atoms with van der Waals surface area (Å²) in [6.07, 6.45) is -2.51. The molecule has 0 fully saturated rings. The summed E-state index contributed by atoms with van der Waals surface area (Å²) in [6, 6.07) is 0.905. The number of carbonyl (C=O) groups is 6. The first kappa shape index (κ1) is 30.8. The van der Waals surface area contributed by atoms with E-state index in [9.17, 15) is 43.5 Å². The fraction of sp³-hybridized carbons (Fsp3) is 0.455. The van der Waals surface area contributed by atoms with Crippen molar-refractivity contribution in [3.63, 3.8) is 0 Å². The van der Waals surface area contributed by atoms with E-state index in [4.69, 9.17) is 10.2 Å². The minimum Gasteiger partial charge on any atom is -0.481 e. The van der Waals surface area contributed by atoms with Crippen LogP contribution in [0.15, 0.2) is 24.3 Å². The van der Waals surface area contributed by atoms with Gasteiger partial charge in [0.05, 0.1) is 0 Å². The molecule has 0 spiro atoms. The van der Waals surface area contributed by atoms with Crippen LogP contribution in [0.5, 0.6) is 0 Å². The topological polar surface area (TPSA) is 223 Å². The van der Waals surface area contributed by atoms with Crippen LogP contribution in [0.3, 0.4) is 0 Å². The third-order valence-corrected chi connectivity index (χ3v) is 5.00. The number of halogens is 1. The number of aliphatic carboxylic acids is 3. The molecule has 0 aliphatic carbocycles. The van der Waals surface area contributed by atoms with Gasteiger partial charge in [0.25, 0.3) is 11.8 Å². The van der Waals surface area contributed by atoms with Gasteiger partial charge in [-0.15, -0.1) is 0 Å². The van der Waals surface area contributed by atoms with Crippen LogP contribution in [0.1, 0.15) is 49.4 Å². The quantitative estimate of drug-likeness (QED) is 0.0973. The third kappa shape index (κ3) is 10.9. The predicted molar refractivity (Wildman–Crippen MR) is 124 cm³/mol. The van der Waals surface area contributed by atoms with Crippen LogP contribution in [-0.2, 0) is 19.2 Å². The summed E-state index contributed by atoms with van der Waals surface area (Å²) in [5.41, 5.74) is 0.576. The van der Waals surface area contributed by atoms with Gasteiger partial charge in [-0.25, -0.2) is 18.8 Å². The molecule has 37 heavy (non-hydrogen) atoms. The number of urea groups is 1. The summed E-state index contributed by atoms with van der Waals surface area (Å²) in [5.74, 6) is -5.73. The second-order valence-corrected chi connectivity index (χ2v) is 7.91. The molecule has 15 heteroatoms. The zero-order chi connectivity index (χ0) is 28.1. The Labute approximate surface area is 210 Å². The Morgan fingerprint density at radius 1 is 0.946 bits per heavy atom. The second-order valence-electron chi connectivity index (χ2n) is 7.91. The molecule has 204 valence electrons. The molecule has 0 heterocycles. The Bertz CT molecular complexity index is 986. The highest BCUT2D eigenvalue weighted by Crippen LogP contribution is 2.11. The van der Waals surface area contributed by atoms with Crippen LogP contribution < -0.4 is 16.0 Å². The smallest absolute Gasteiger partial charge is 0.342 e. The fourth-order valence-electron chi connectivity index (χ4n) is 2.95. The van der Waals surface area contributed by atoms with Gasteiger partial charge in [-0.1, -0.05) is 0 Å². The fourth-order valence-corrected chi connectivity index (χ4v) is 2.95. The highest BCUT2D eigenvalue weighted by atomic mass is 19.1. The van der Waals surface area contributed by atoms with Crippen molar-refractivity contribution >= 4 is 41.4 Å². The van der Waals surface area contributed by atoms with Crippen LogP contribution in [0.2, 0.25) is 0 Å². The van der Waals surface area contributed by atoms with E-state index < -0.39 is 66.9 Å². The lowest BCUT2D eigenvalue weighted by Crippen LogP contribution is -2.52. The maximum atomic E-state index is 12.9. The minimum atomic E-state index is -1.89. The van der Waals surface area contributed by atoms with Crippen molar-refractivity contribution in [2.45, 2.75) is 57.3 Å².